The van der Waals surface area contributed by atoms with Crippen LogP contribution in [0, 0.1) is 11.8 Å². The number of para-hydroxylation sites is 1. The summed E-state index contributed by atoms with van der Waals surface area (Å²) >= 11 is 0. The van der Waals surface area contributed by atoms with Gasteiger partial charge in [-0.05, 0) is 31.0 Å². The van der Waals surface area contributed by atoms with Crippen LogP contribution in [-0.4, -0.2) is 59.9 Å². The van der Waals surface area contributed by atoms with Crippen molar-refractivity contribution in [3.05, 3.63) is 71.8 Å². The molecule has 0 radical (unpaired) electrons. The standard InChI is InChI=1S/C27H28N2O5/c1-28-24(30)22-20(14-13-19-11-6-7-12-21(19)33-2)29-16-8-15-27(29,23(22)25(28)31)26(32)34-17-18-9-4-3-5-10-18/h3-7,9-14,20,22-23H,8,15-17H2,1-2H3/b14-13+/t20-,22+,23-,27+/m0/s1. The molecule has 0 aliphatic carbocycles. The lowest BCUT2D eigenvalue weighted by Crippen LogP contribution is -2.55. The number of carbonyl (C=O) groups excluding carboxylic acids is 3. The minimum absolute atomic E-state index is 0.131. The monoisotopic (exact) mass is 460 g/mol. The van der Waals surface area contributed by atoms with Gasteiger partial charge in [0.2, 0.25) is 11.8 Å². The second-order valence-electron chi connectivity index (χ2n) is 9.11. The van der Waals surface area contributed by atoms with Crippen LogP contribution in [0.25, 0.3) is 6.08 Å². The maximum atomic E-state index is 13.7. The fraction of sp³-hybridized carbons (Fsp3) is 0.370. The third-order valence-corrected chi connectivity index (χ3v) is 7.46. The molecule has 7 nitrogen and oxygen atoms in total. The Morgan fingerprint density at radius 2 is 1.82 bits per heavy atom. The highest BCUT2D eigenvalue weighted by Crippen LogP contribution is 2.54. The zero-order valence-electron chi connectivity index (χ0n) is 19.3. The van der Waals surface area contributed by atoms with Gasteiger partial charge < -0.3 is 9.47 Å². The van der Waals surface area contributed by atoms with Crippen molar-refractivity contribution in [1.82, 2.24) is 9.80 Å². The molecule has 0 unspecified atom stereocenters. The molecule has 0 saturated carbocycles. The predicted molar refractivity (Wildman–Crippen MR) is 125 cm³/mol. The summed E-state index contributed by atoms with van der Waals surface area (Å²) in [6, 6.07) is 16.7. The molecule has 4 atom stereocenters. The molecule has 0 aromatic heterocycles. The first-order chi connectivity index (χ1) is 16.5. The van der Waals surface area contributed by atoms with E-state index in [0.29, 0.717) is 18.7 Å². The Kier molecular flexibility index (Phi) is 5.73. The molecule has 5 rings (SSSR count). The van der Waals surface area contributed by atoms with E-state index in [1.807, 2.05) is 71.6 Å². The Morgan fingerprint density at radius 1 is 1.09 bits per heavy atom. The van der Waals surface area contributed by atoms with Crippen molar-refractivity contribution in [3.63, 3.8) is 0 Å². The Balaban J connectivity index is 1.50. The number of esters is 1. The Morgan fingerprint density at radius 3 is 2.59 bits per heavy atom. The van der Waals surface area contributed by atoms with E-state index in [1.54, 1.807) is 7.11 Å². The summed E-state index contributed by atoms with van der Waals surface area (Å²) in [6.45, 7) is 0.755. The summed E-state index contributed by atoms with van der Waals surface area (Å²) in [5.74, 6) is -1.61. The van der Waals surface area contributed by atoms with Crippen molar-refractivity contribution < 1.29 is 23.9 Å². The first kappa shape index (κ1) is 22.3. The molecule has 3 aliphatic heterocycles. The van der Waals surface area contributed by atoms with Crippen molar-refractivity contribution in [1.29, 1.82) is 0 Å². The van der Waals surface area contributed by atoms with Gasteiger partial charge in [-0.1, -0.05) is 60.7 Å². The van der Waals surface area contributed by atoms with Gasteiger partial charge in [-0.2, -0.15) is 0 Å². The van der Waals surface area contributed by atoms with E-state index < -0.39 is 23.3 Å². The minimum Gasteiger partial charge on any atom is -0.496 e. The maximum Gasteiger partial charge on any atom is 0.327 e. The predicted octanol–water partition coefficient (Wildman–Crippen LogP) is 2.90. The number of likely N-dealkylation sites (tertiary alicyclic amines) is 1. The highest BCUT2D eigenvalue weighted by molar-refractivity contribution is 6.09. The van der Waals surface area contributed by atoms with E-state index in [1.165, 1.54) is 11.9 Å². The van der Waals surface area contributed by atoms with E-state index in [4.69, 9.17) is 9.47 Å². The molecule has 2 aromatic carbocycles. The van der Waals surface area contributed by atoms with E-state index >= 15 is 0 Å². The lowest BCUT2D eigenvalue weighted by atomic mass is 9.78. The highest BCUT2D eigenvalue weighted by Gasteiger charge is 2.72. The lowest BCUT2D eigenvalue weighted by Gasteiger charge is -2.35. The van der Waals surface area contributed by atoms with E-state index in [-0.39, 0.29) is 24.5 Å². The zero-order chi connectivity index (χ0) is 23.9. The second-order valence-corrected chi connectivity index (χ2v) is 9.11. The number of fused-ring (bicyclic) bond motifs is 3. The van der Waals surface area contributed by atoms with E-state index in [2.05, 4.69) is 0 Å². The van der Waals surface area contributed by atoms with Crippen LogP contribution in [0.4, 0.5) is 0 Å². The quantitative estimate of drug-likeness (QED) is 0.488. The number of carbonyl (C=O) groups is 3. The van der Waals surface area contributed by atoms with Gasteiger partial charge in [0.05, 0.1) is 18.9 Å². The Hall–Kier alpha value is -3.45. The largest absolute Gasteiger partial charge is 0.496 e. The zero-order valence-corrected chi connectivity index (χ0v) is 19.3. The van der Waals surface area contributed by atoms with Gasteiger partial charge >= 0.3 is 5.97 Å². The number of benzene rings is 2. The summed E-state index contributed by atoms with van der Waals surface area (Å²) in [4.78, 5) is 43.3. The van der Waals surface area contributed by atoms with Crippen LogP contribution < -0.4 is 4.74 Å². The number of methoxy groups -OCH3 is 1. The number of amides is 2. The van der Waals surface area contributed by atoms with Crippen LogP contribution in [0.1, 0.15) is 24.0 Å². The Bertz CT molecular complexity index is 1150. The van der Waals surface area contributed by atoms with Crippen molar-refractivity contribution in [2.24, 2.45) is 11.8 Å². The summed E-state index contributed by atoms with van der Waals surface area (Å²) in [5, 5.41) is 0. The lowest BCUT2D eigenvalue weighted by molar-refractivity contribution is -0.162. The van der Waals surface area contributed by atoms with Crippen molar-refractivity contribution in [2.45, 2.75) is 31.0 Å². The van der Waals surface area contributed by atoms with Crippen LogP contribution in [0.5, 0.6) is 5.75 Å². The molecule has 176 valence electrons. The molecule has 3 heterocycles. The molecule has 3 saturated heterocycles. The van der Waals surface area contributed by atoms with Crippen LogP contribution in [0.3, 0.4) is 0 Å². The third-order valence-electron chi connectivity index (χ3n) is 7.46. The average Bonchev–Trinajstić information content (AvgIpc) is 3.48. The first-order valence-corrected chi connectivity index (χ1v) is 11.6. The van der Waals surface area contributed by atoms with Gasteiger partial charge in [0.25, 0.3) is 0 Å². The smallest absolute Gasteiger partial charge is 0.327 e. The topological polar surface area (TPSA) is 76.1 Å². The summed E-state index contributed by atoms with van der Waals surface area (Å²) < 4.78 is 11.2. The number of ether oxygens (including phenoxy) is 2. The number of nitrogens with zero attached hydrogens (tertiary/aromatic N) is 2. The maximum absolute atomic E-state index is 13.7. The van der Waals surface area contributed by atoms with Gasteiger partial charge in [-0.15, -0.1) is 0 Å². The van der Waals surface area contributed by atoms with Crippen molar-refractivity contribution in [2.75, 3.05) is 20.7 Å². The molecule has 34 heavy (non-hydrogen) atoms. The van der Waals surface area contributed by atoms with Crippen LogP contribution in [0.15, 0.2) is 60.7 Å². The molecule has 3 aliphatic rings. The van der Waals surface area contributed by atoms with Gasteiger partial charge in [0, 0.05) is 18.7 Å². The summed E-state index contributed by atoms with van der Waals surface area (Å²) in [5.41, 5.74) is 0.618. The third kappa shape index (κ3) is 3.34. The summed E-state index contributed by atoms with van der Waals surface area (Å²) in [6.07, 6.45) is 5.11. The molecule has 0 bridgehead atoms. The van der Waals surface area contributed by atoms with Crippen LogP contribution in [0.2, 0.25) is 0 Å². The molecule has 0 N–H and O–H groups in total. The number of rotatable bonds is 6. The first-order valence-electron chi connectivity index (χ1n) is 11.6. The molecule has 7 heteroatoms. The second kappa shape index (κ2) is 8.72. The molecular weight excluding hydrogens is 432 g/mol. The average molecular weight is 461 g/mol. The molecule has 0 spiro atoms. The van der Waals surface area contributed by atoms with E-state index in [9.17, 15) is 14.4 Å². The van der Waals surface area contributed by atoms with Crippen molar-refractivity contribution >= 4 is 23.9 Å². The fourth-order valence-electron chi connectivity index (χ4n) is 5.91. The number of hydrogen-bond donors (Lipinski definition) is 0. The molecular formula is C27H28N2O5. The number of imide groups is 1. The minimum atomic E-state index is -1.13. The van der Waals surface area contributed by atoms with E-state index in [0.717, 1.165) is 17.5 Å². The highest BCUT2D eigenvalue weighted by atomic mass is 16.5. The normalized spacial score (nSPS) is 28.4. The van der Waals surface area contributed by atoms with Gasteiger partial charge in [0.15, 0.2) is 0 Å². The van der Waals surface area contributed by atoms with Crippen LogP contribution >= 0.6 is 0 Å². The van der Waals surface area contributed by atoms with Crippen molar-refractivity contribution in [3.8, 4) is 5.75 Å². The van der Waals surface area contributed by atoms with Gasteiger partial charge in [0.1, 0.15) is 17.9 Å². The Labute approximate surface area is 198 Å². The van der Waals surface area contributed by atoms with Gasteiger partial charge in [-0.3, -0.25) is 24.2 Å². The van der Waals surface area contributed by atoms with Gasteiger partial charge in [-0.25, -0.2) is 0 Å². The van der Waals surface area contributed by atoms with Crippen LogP contribution in [-0.2, 0) is 25.7 Å². The molecule has 3 fully saturated rings. The number of hydrogen-bond acceptors (Lipinski definition) is 6. The fourth-order valence-corrected chi connectivity index (χ4v) is 5.91. The molecule has 2 aromatic rings. The summed E-state index contributed by atoms with van der Waals surface area (Å²) in [7, 11) is 3.12. The molecule has 2 amide bonds. The SMILES string of the molecule is COc1ccccc1/C=C/[C@H]1[C@H]2C(=O)N(C)C(=O)[C@H]2[C@@]2(C(=O)OCc3ccccc3)CCCN12.